The van der Waals surface area contributed by atoms with Crippen LogP contribution >= 0.6 is 0 Å². The topological polar surface area (TPSA) is 27.7 Å². The van der Waals surface area contributed by atoms with Gasteiger partial charge < -0.3 is 14.0 Å². The Morgan fingerprint density at radius 1 is 1.11 bits per heavy atom. The van der Waals surface area contributed by atoms with Crippen LogP contribution in [-0.2, 0) is 20.7 Å². The maximum absolute atomic E-state index is 13.6. The van der Waals surface area contributed by atoms with Crippen molar-refractivity contribution in [3.63, 3.8) is 0 Å². The highest BCUT2D eigenvalue weighted by molar-refractivity contribution is 6.62. The summed E-state index contributed by atoms with van der Waals surface area (Å²) in [6.07, 6.45) is 0. The zero-order valence-electron chi connectivity index (χ0n) is 12.1. The van der Waals surface area contributed by atoms with Crippen LogP contribution in [0.4, 0.5) is 4.39 Å². The van der Waals surface area contributed by atoms with Gasteiger partial charge in [-0.3, -0.25) is 0 Å². The average Bonchev–Trinajstić information content (AvgIpc) is 2.48. The Hall–Kier alpha value is -0.905. The van der Waals surface area contributed by atoms with Gasteiger partial charge in [0, 0.05) is 7.11 Å². The summed E-state index contributed by atoms with van der Waals surface area (Å²) in [4.78, 5) is 0. The van der Waals surface area contributed by atoms with E-state index in [2.05, 4.69) is 0 Å². The third-order valence-corrected chi connectivity index (χ3v) is 3.82. The number of hydrogen-bond acceptors (Lipinski definition) is 3. The molecule has 1 aliphatic rings. The molecular formula is C14H20BFO3. The summed E-state index contributed by atoms with van der Waals surface area (Å²) < 4.78 is 30.5. The third kappa shape index (κ3) is 2.83. The molecule has 1 aromatic carbocycles. The van der Waals surface area contributed by atoms with Crippen LogP contribution in [0.25, 0.3) is 0 Å². The van der Waals surface area contributed by atoms with E-state index in [0.29, 0.717) is 12.1 Å². The van der Waals surface area contributed by atoms with E-state index < -0.39 is 18.3 Å². The van der Waals surface area contributed by atoms with Gasteiger partial charge in [0.25, 0.3) is 0 Å². The molecule has 2 rings (SSSR count). The van der Waals surface area contributed by atoms with Crippen molar-refractivity contribution in [1.82, 2.24) is 0 Å². The number of rotatable bonds is 3. The number of halogens is 1. The lowest BCUT2D eigenvalue weighted by Crippen LogP contribution is -2.41. The van der Waals surface area contributed by atoms with E-state index in [4.69, 9.17) is 14.0 Å². The van der Waals surface area contributed by atoms with E-state index in [1.165, 1.54) is 12.1 Å². The van der Waals surface area contributed by atoms with Gasteiger partial charge in [0.1, 0.15) is 5.82 Å². The molecule has 3 nitrogen and oxygen atoms in total. The summed E-state index contributed by atoms with van der Waals surface area (Å²) in [6, 6.07) is 4.76. The maximum atomic E-state index is 13.6. The molecule has 0 bridgehead atoms. The summed E-state index contributed by atoms with van der Waals surface area (Å²) in [5.41, 5.74) is 0.606. The van der Waals surface area contributed by atoms with Crippen molar-refractivity contribution >= 4 is 12.6 Å². The van der Waals surface area contributed by atoms with Crippen LogP contribution in [0.5, 0.6) is 0 Å². The van der Waals surface area contributed by atoms with Gasteiger partial charge in [0.05, 0.1) is 17.8 Å². The van der Waals surface area contributed by atoms with E-state index in [-0.39, 0.29) is 5.82 Å². The molecule has 0 N–H and O–H groups in total. The summed E-state index contributed by atoms with van der Waals surface area (Å²) in [5, 5.41) is 0. The Morgan fingerprint density at radius 2 is 1.68 bits per heavy atom. The number of benzene rings is 1. The molecule has 0 unspecified atom stereocenters. The fraction of sp³-hybridized carbons (Fsp3) is 0.571. The van der Waals surface area contributed by atoms with Gasteiger partial charge in [0.15, 0.2) is 0 Å². The van der Waals surface area contributed by atoms with Crippen LogP contribution in [0.2, 0.25) is 0 Å². The van der Waals surface area contributed by atoms with Crippen LogP contribution in [0.1, 0.15) is 33.3 Å². The minimum atomic E-state index is -0.545. The second-order valence-corrected chi connectivity index (χ2v) is 5.91. The molecule has 1 fully saturated rings. The van der Waals surface area contributed by atoms with E-state index in [0.717, 1.165) is 5.56 Å². The zero-order chi connectivity index (χ0) is 14.3. The smallest absolute Gasteiger partial charge is 0.399 e. The Bertz CT molecular complexity index is 458. The van der Waals surface area contributed by atoms with Crippen molar-refractivity contribution < 1.29 is 18.4 Å². The van der Waals surface area contributed by atoms with Crippen LogP contribution in [-0.4, -0.2) is 25.4 Å². The first-order valence-electron chi connectivity index (χ1n) is 6.39. The van der Waals surface area contributed by atoms with E-state index in [1.807, 2.05) is 33.8 Å². The third-order valence-electron chi connectivity index (χ3n) is 3.82. The normalized spacial score (nSPS) is 20.8. The molecule has 5 heteroatoms. The Kier molecular flexibility index (Phi) is 3.73. The van der Waals surface area contributed by atoms with Crippen molar-refractivity contribution in [1.29, 1.82) is 0 Å². The van der Waals surface area contributed by atoms with Crippen molar-refractivity contribution in [2.45, 2.75) is 45.5 Å². The fourth-order valence-corrected chi connectivity index (χ4v) is 2.04. The van der Waals surface area contributed by atoms with E-state index in [1.54, 1.807) is 7.11 Å². The molecule has 1 heterocycles. The van der Waals surface area contributed by atoms with Gasteiger partial charge in [-0.1, -0.05) is 6.07 Å². The highest BCUT2D eigenvalue weighted by Crippen LogP contribution is 2.36. The molecule has 19 heavy (non-hydrogen) atoms. The molecule has 0 aromatic heterocycles. The molecule has 0 atom stereocenters. The molecule has 0 saturated carbocycles. The van der Waals surface area contributed by atoms with Gasteiger partial charge in [-0.25, -0.2) is 4.39 Å². The van der Waals surface area contributed by atoms with Gasteiger partial charge in [-0.05, 0) is 50.9 Å². The molecule has 1 aromatic rings. The molecule has 1 saturated heterocycles. The Labute approximate surface area is 114 Å². The molecule has 0 spiro atoms. The Morgan fingerprint density at radius 3 is 2.21 bits per heavy atom. The lowest BCUT2D eigenvalue weighted by atomic mass is 9.78. The monoisotopic (exact) mass is 266 g/mol. The van der Waals surface area contributed by atoms with Crippen molar-refractivity contribution in [3.8, 4) is 0 Å². The SMILES string of the molecule is COCc1cc(F)cc(B2OC(C)(C)C(C)(C)O2)c1. The van der Waals surface area contributed by atoms with Crippen LogP contribution < -0.4 is 5.46 Å². The quantitative estimate of drug-likeness (QED) is 0.785. The van der Waals surface area contributed by atoms with Gasteiger partial charge >= 0.3 is 7.12 Å². The van der Waals surface area contributed by atoms with Crippen LogP contribution in [0.3, 0.4) is 0 Å². The predicted octanol–water partition coefficient (Wildman–Crippen LogP) is 2.27. The van der Waals surface area contributed by atoms with Crippen molar-refractivity contribution in [2.24, 2.45) is 0 Å². The summed E-state index contributed by atoms with van der Waals surface area (Å²) in [7, 11) is 1.04. The molecule has 0 radical (unpaired) electrons. The molecule has 0 aliphatic carbocycles. The fourth-order valence-electron chi connectivity index (χ4n) is 2.04. The second-order valence-electron chi connectivity index (χ2n) is 5.91. The van der Waals surface area contributed by atoms with Crippen LogP contribution in [0, 0.1) is 5.82 Å². The van der Waals surface area contributed by atoms with Crippen molar-refractivity contribution in [3.05, 3.63) is 29.6 Å². The molecule has 104 valence electrons. The van der Waals surface area contributed by atoms with Crippen LogP contribution in [0.15, 0.2) is 18.2 Å². The first-order valence-corrected chi connectivity index (χ1v) is 6.39. The maximum Gasteiger partial charge on any atom is 0.494 e. The van der Waals surface area contributed by atoms with Gasteiger partial charge in [0.2, 0.25) is 0 Å². The first-order chi connectivity index (χ1) is 8.75. The minimum absolute atomic E-state index is 0.306. The standard InChI is InChI=1S/C14H20BFO3/c1-13(2)14(3,4)19-15(18-13)11-6-10(9-17-5)7-12(16)8-11/h6-8H,9H2,1-5H3. The highest BCUT2D eigenvalue weighted by atomic mass is 19.1. The first kappa shape index (κ1) is 14.5. The Balaban J connectivity index is 2.29. The number of ether oxygens (including phenoxy) is 1. The second kappa shape index (κ2) is 4.89. The highest BCUT2D eigenvalue weighted by Gasteiger charge is 2.51. The lowest BCUT2D eigenvalue weighted by Gasteiger charge is -2.32. The lowest BCUT2D eigenvalue weighted by molar-refractivity contribution is 0.00578. The zero-order valence-corrected chi connectivity index (χ0v) is 12.1. The number of hydrogen-bond donors (Lipinski definition) is 0. The van der Waals surface area contributed by atoms with E-state index in [9.17, 15) is 4.39 Å². The summed E-state index contributed by atoms with van der Waals surface area (Å²) in [5.74, 6) is -0.306. The van der Waals surface area contributed by atoms with Gasteiger partial charge in [-0.2, -0.15) is 0 Å². The average molecular weight is 266 g/mol. The van der Waals surface area contributed by atoms with Crippen molar-refractivity contribution in [2.75, 3.05) is 7.11 Å². The predicted molar refractivity (Wildman–Crippen MR) is 72.8 cm³/mol. The molecular weight excluding hydrogens is 246 g/mol. The molecule has 0 amide bonds. The summed E-state index contributed by atoms with van der Waals surface area (Å²) in [6.45, 7) is 8.26. The molecule has 1 aliphatic heterocycles. The largest absolute Gasteiger partial charge is 0.494 e. The minimum Gasteiger partial charge on any atom is -0.399 e. The number of methoxy groups -OCH3 is 1. The van der Waals surface area contributed by atoms with E-state index >= 15 is 0 Å². The summed E-state index contributed by atoms with van der Waals surface area (Å²) >= 11 is 0. The van der Waals surface area contributed by atoms with Gasteiger partial charge in [-0.15, -0.1) is 0 Å².